The van der Waals surface area contributed by atoms with E-state index in [9.17, 15) is 4.79 Å². The van der Waals surface area contributed by atoms with E-state index in [4.69, 9.17) is 15.2 Å². The molecule has 1 aromatic heterocycles. The molecule has 0 fully saturated rings. The number of rotatable bonds is 8. The van der Waals surface area contributed by atoms with Gasteiger partial charge in [0.1, 0.15) is 0 Å². The molecule has 0 spiro atoms. The van der Waals surface area contributed by atoms with Crippen LogP contribution in [0.5, 0.6) is 11.5 Å². The second kappa shape index (κ2) is 10.2. The summed E-state index contributed by atoms with van der Waals surface area (Å²) in [7, 11) is 3.15. The number of carbonyl (C=O) groups excluding carboxylic acids is 1. The number of hydrogen-bond acceptors (Lipinski definition) is 6. The monoisotopic (exact) mass is 385 g/mol. The number of halogens is 1. The maximum Gasteiger partial charge on any atom is 0.221 e. The van der Waals surface area contributed by atoms with Crippen LogP contribution in [-0.4, -0.2) is 31.7 Å². The van der Waals surface area contributed by atoms with Gasteiger partial charge >= 0.3 is 0 Å². The van der Waals surface area contributed by atoms with Crippen LogP contribution in [0.2, 0.25) is 0 Å². The highest BCUT2D eigenvalue weighted by Crippen LogP contribution is 2.30. The van der Waals surface area contributed by atoms with Crippen LogP contribution in [0.3, 0.4) is 0 Å². The summed E-state index contributed by atoms with van der Waals surface area (Å²) in [6, 6.07) is 5.05. The molecule has 0 bridgehead atoms. The lowest BCUT2D eigenvalue weighted by molar-refractivity contribution is -0.121. The third-order valence-electron chi connectivity index (χ3n) is 3.76. The Morgan fingerprint density at radius 3 is 2.64 bits per heavy atom. The average molecular weight is 386 g/mol. The Kier molecular flexibility index (Phi) is 8.68. The number of benzene rings is 1. The first kappa shape index (κ1) is 21.2. The molecule has 2 rings (SSSR count). The largest absolute Gasteiger partial charge is 0.493 e. The topological polar surface area (TPSA) is 86.5 Å². The fourth-order valence-electron chi connectivity index (χ4n) is 2.35. The minimum absolute atomic E-state index is 0. The van der Waals surface area contributed by atoms with Crippen LogP contribution in [0, 0.1) is 6.92 Å². The van der Waals surface area contributed by atoms with Crippen LogP contribution in [0.25, 0.3) is 0 Å². The third-order valence-corrected chi connectivity index (χ3v) is 4.76. The van der Waals surface area contributed by atoms with Crippen molar-refractivity contribution in [1.29, 1.82) is 0 Å². The van der Waals surface area contributed by atoms with E-state index in [-0.39, 0.29) is 24.7 Å². The number of nitrogens with zero attached hydrogens (tertiary/aromatic N) is 1. The molecule has 0 aliphatic rings. The third kappa shape index (κ3) is 5.88. The van der Waals surface area contributed by atoms with E-state index in [0.717, 1.165) is 17.7 Å². The summed E-state index contributed by atoms with van der Waals surface area (Å²) in [5, 5.41) is 2.90. The zero-order valence-electron chi connectivity index (χ0n) is 14.6. The molecule has 0 saturated heterocycles. The van der Waals surface area contributed by atoms with Gasteiger partial charge in [0.05, 0.1) is 25.4 Å². The summed E-state index contributed by atoms with van der Waals surface area (Å²) in [5.74, 6) is 1.17. The Labute approximate surface area is 158 Å². The molecule has 1 atom stereocenters. The Morgan fingerprint density at radius 1 is 1.32 bits per heavy atom. The highest BCUT2D eigenvalue weighted by molar-refractivity contribution is 7.09. The number of methoxy groups -OCH3 is 2. The molecular weight excluding hydrogens is 362 g/mol. The van der Waals surface area contributed by atoms with Gasteiger partial charge < -0.3 is 20.5 Å². The minimum Gasteiger partial charge on any atom is -0.493 e. The summed E-state index contributed by atoms with van der Waals surface area (Å²) < 4.78 is 10.5. The number of hydrogen-bond donors (Lipinski definition) is 2. The van der Waals surface area contributed by atoms with Crippen molar-refractivity contribution >= 4 is 29.7 Å². The predicted molar refractivity (Wildman–Crippen MR) is 102 cm³/mol. The van der Waals surface area contributed by atoms with E-state index in [1.807, 2.05) is 18.5 Å². The zero-order chi connectivity index (χ0) is 17.5. The summed E-state index contributed by atoms with van der Waals surface area (Å²) in [4.78, 5) is 17.4. The predicted octanol–water partition coefficient (Wildman–Crippen LogP) is 2.64. The highest BCUT2D eigenvalue weighted by Gasteiger charge is 2.14. The molecule has 6 nitrogen and oxygen atoms in total. The van der Waals surface area contributed by atoms with Crippen molar-refractivity contribution in [2.45, 2.75) is 25.8 Å². The van der Waals surface area contributed by atoms with Gasteiger partial charge in [-0.3, -0.25) is 4.79 Å². The van der Waals surface area contributed by atoms with Gasteiger partial charge in [-0.2, -0.15) is 0 Å². The van der Waals surface area contributed by atoms with Crippen LogP contribution in [-0.2, 0) is 11.2 Å². The number of thiazole rings is 1. The quantitative estimate of drug-likeness (QED) is 0.729. The first-order chi connectivity index (χ1) is 11.5. The second-order valence-corrected chi connectivity index (χ2v) is 6.33. The zero-order valence-corrected chi connectivity index (χ0v) is 16.2. The van der Waals surface area contributed by atoms with Crippen molar-refractivity contribution in [2.24, 2.45) is 5.73 Å². The van der Waals surface area contributed by atoms with Crippen molar-refractivity contribution in [1.82, 2.24) is 10.3 Å². The SMILES string of the molecule is COc1ccc(C(N)CC(=O)NCCc2scnc2C)cc1OC.Cl. The average Bonchev–Trinajstić information content (AvgIpc) is 2.99. The van der Waals surface area contributed by atoms with E-state index < -0.39 is 6.04 Å². The van der Waals surface area contributed by atoms with Gasteiger partial charge in [0.25, 0.3) is 0 Å². The minimum atomic E-state index is -0.394. The van der Waals surface area contributed by atoms with Crippen LogP contribution >= 0.6 is 23.7 Å². The highest BCUT2D eigenvalue weighted by atomic mass is 35.5. The first-order valence-electron chi connectivity index (χ1n) is 7.68. The second-order valence-electron chi connectivity index (χ2n) is 5.39. The van der Waals surface area contributed by atoms with E-state index in [0.29, 0.717) is 18.0 Å². The fourth-order valence-corrected chi connectivity index (χ4v) is 3.14. The Balaban J connectivity index is 0.00000312. The van der Waals surface area contributed by atoms with Crippen LogP contribution < -0.4 is 20.5 Å². The molecular formula is C17H24ClN3O3S. The number of nitrogens with one attached hydrogen (secondary N) is 1. The molecule has 0 aliphatic heterocycles. The van der Waals surface area contributed by atoms with Gasteiger partial charge in [0.2, 0.25) is 5.91 Å². The lowest BCUT2D eigenvalue weighted by atomic mass is 10.0. The standard InChI is InChI=1S/C17H23N3O3S.ClH/c1-11-16(24-10-20-11)6-7-19-17(21)9-13(18)12-4-5-14(22-2)15(8-12)23-3;/h4-5,8,10,13H,6-7,9,18H2,1-3H3,(H,19,21);1H. The van der Waals surface area contributed by atoms with E-state index in [1.165, 1.54) is 4.88 Å². The summed E-state index contributed by atoms with van der Waals surface area (Å²) in [6.45, 7) is 2.56. The van der Waals surface area contributed by atoms with E-state index in [2.05, 4.69) is 10.3 Å². The van der Waals surface area contributed by atoms with Gasteiger partial charge in [0, 0.05) is 30.3 Å². The lowest BCUT2D eigenvalue weighted by Crippen LogP contribution is -2.29. The molecule has 0 saturated carbocycles. The molecule has 2 aromatic rings. The van der Waals surface area contributed by atoms with Crippen LogP contribution in [0.15, 0.2) is 23.7 Å². The Bertz CT molecular complexity index is 694. The van der Waals surface area contributed by atoms with Crippen molar-refractivity contribution < 1.29 is 14.3 Å². The van der Waals surface area contributed by atoms with Gasteiger partial charge in [-0.1, -0.05) is 6.07 Å². The molecule has 138 valence electrons. The molecule has 1 amide bonds. The Morgan fingerprint density at radius 2 is 2.04 bits per heavy atom. The van der Waals surface area contributed by atoms with Crippen molar-refractivity contribution in [2.75, 3.05) is 20.8 Å². The molecule has 1 aromatic carbocycles. The number of ether oxygens (including phenoxy) is 2. The molecule has 0 aliphatic carbocycles. The van der Waals surface area contributed by atoms with E-state index >= 15 is 0 Å². The maximum absolute atomic E-state index is 12.1. The fraction of sp³-hybridized carbons (Fsp3) is 0.412. The smallest absolute Gasteiger partial charge is 0.221 e. The summed E-state index contributed by atoms with van der Waals surface area (Å²) in [6.07, 6.45) is 1.00. The van der Waals surface area contributed by atoms with Crippen molar-refractivity contribution in [3.8, 4) is 11.5 Å². The number of nitrogens with two attached hydrogens (primary N) is 1. The lowest BCUT2D eigenvalue weighted by Gasteiger charge is -2.15. The van der Waals surface area contributed by atoms with Gasteiger partial charge in [-0.25, -0.2) is 4.98 Å². The molecule has 8 heteroatoms. The van der Waals surface area contributed by atoms with Gasteiger partial charge in [-0.05, 0) is 24.6 Å². The summed E-state index contributed by atoms with van der Waals surface area (Å²) in [5.41, 5.74) is 9.81. The number of aromatic nitrogens is 1. The Hall–Kier alpha value is -1.83. The molecule has 1 heterocycles. The molecule has 25 heavy (non-hydrogen) atoms. The normalized spacial score (nSPS) is 11.4. The number of aryl methyl sites for hydroxylation is 1. The van der Waals surface area contributed by atoms with Crippen LogP contribution in [0.4, 0.5) is 0 Å². The summed E-state index contributed by atoms with van der Waals surface area (Å²) >= 11 is 1.61. The number of carbonyl (C=O) groups is 1. The molecule has 0 radical (unpaired) electrons. The van der Waals surface area contributed by atoms with Crippen LogP contribution in [0.1, 0.15) is 28.6 Å². The number of amides is 1. The van der Waals surface area contributed by atoms with Crippen molar-refractivity contribution in [3.63, 3.8) is 0 Å². The van der Waals surface area contributed by atoms with Gasteiger partial charge in [0.15, 0.2) is 11.5 Å². The van der Waals surface area contributed by atoms with Crippen molar-refractivity contribution in [3.05, 3.63) is 39.8 Å². The van der Waals surface area contributed by atoms with Gasteiger partial charge in [-0.15, -0.1) is 23.7 Å². The maximum atomic E-state index is 12.1. The molecule has 3 N–H and O–H groups in total. The molecule has 1 unspecified atom stereocenters. The van der Waals surface area contributed by atoms with E-state index in [1.54, 1.807) is 37.7 Å². The first-order valence-corrected chi connectivity index (χ1v) is 8.56.